The highest BCUT2D eigenvalue weighted by Gasteiger charge is 2.18. The third kappa shape index (κ3) is 5.34. The molecule has 2 aromatic heterocycles. The van der Waals surface area contributed by atoms with E-state index in [2.05, 4.69) is 46.7 Å². The number of rotatable bonds is 9. The summed E-state index contributed by atoms with van der Waals surface area (Å²) < 4.78 is 2.07. The van der Waals surface area contributed by atoms with E-state index in [-0.39, 0.29) is 17.2 Å². The molecule has 0 spiro atoms. The Labute approximate surface area is 190 Å². The monoisotopic (exact) mass is 457 g/mol. The van der Waals surface area contributed by atoms with Crippen LogP contribution in [0.4, 0.5) is 10.8 Å². The van der Waals surface area contributed by atoms with Gasteiger partial charge < -0.3 is 10.2 Å². The van der Waals surface area contributed by atoms with E-state index in [1.807, 2.05) is 26.0 Å². The fourth-order valence-corrected chi connectivity index (χ4v) is 5.16. The summed E-state index contributed by atoms with van der Waals surface area (Å²) >= 11 is 2.58. The Balaban J connectivity index is 1.86. The van der Waals surface area contributed by atoms with Crippen LogP contribution < -0.4 is 15.8 Å². The van der Waals surface area contributed by atoms with Crippen LogP contribution in [0.5, 0.6) is 0 Å². The standard InChI is InChI=1S/C22H27N5O2S2/c1-6-9-27-20(29)18-19(24-21(31-18)26(7-2)8-3)25-22(27)30-13-17(28)23-16-11-14(4)10-15(5)12-16/h6,10-12H,1,7-9,13H2,2-5H3,(H,23,28). The van der Waals surface area contributed by atoms with E-state index in [0.29, 0.717) is 22.0 Å². The van der Waals surface area contributed by atoms with Crippen LogP contribution >= 0.6 is 23.1 Å². The molecule has 0 aliphatic rings. The summed E-state index contributed by atoms with van der Waals surface area (Å²) in [5.74, 6) is -0.0219. The van der Waals surface area contributed by atoms with Crippen LogP contribution in [0, 0.1) is 13.8 Å². The smallest absolute Gasteiger partial charge is 0.274 e. The molecule has 0 aliphatic heterocycles. The summed E-state index contributed by atoms with van der Waals surface area (Å²) in [5, 5.41) is 4.16. The molecule has 0 bridgehead atoms. The molecule has 1 N–H and O–H groups in total. The zero-order valence-electron chi connectivity index (χ0n) is 18.3. The summed E-state index contributed by atoms with van der Waals surface area (Å²) in [5.41, 5.74) is 3.20. The minimum Gasteiger partial charge on any atom is -0.349 e. The molecule has 3 rings (SSSR count). The third-order valence-corrected chi connectivity index (χ3v) is 6.72. The predicted molar refractivity (Wildman–Crippen MR) is 131 cm³/mol. The highest BCUT2D eigenvalue weighted by atomic mass is 32.2. The first-order valence-corrected chi connectivity index (χ1v) is 11.9. The molecule has 2 heterocycles. The molecule has 0 aliphatic carbocycles. The lowest BCUT2D eigenvalue weighted by Gasteiger charge is -2.15. The van der Waals surface area contributed by atoms with E-state index in [4.69, 9.17) is 0 Å². The van der Waals surface area contributed by atoms with Gasteiger partial charge in [-0.1, -0.05) is 35.2 Å². The van der Waals surface area contributed by atoms with Crippen molar-refractivity contribution in [2.75, 3.05) is 29.1 Å². The number of carbonyl (C=O) groups excluding carboxylic acids is 1. The number of amides is 1. The van der Waals surface area contributed by atoms with Crippen LogP contribution in [-0.4, -0.2) is 39.3 Å². The van der Waals surface area contributed by atoms with Crippen LogP contribution in [0.15, 0.2) is 40.8 Å². The number of benzene rings is 1. The first kappa shape index (κ1) is 23.0. The molecule has 0 radical (unpaired) electrons. The zero-order valence-corrected chi connectivity index (χ0v) is 19.9. The van der Waals surface area contributed by atoms with Gasteiger partial charge in [0.1, 0.15) is 4.70 Å². The second-order valence-electron chi connectivity index (χ2n) is 7.13. The molecule has 0 unspecified atom stereocenters. The van der Waals surface area contributed by atoms with Crippen LogP contribution in [-0.2, 0) is 11.3 Å². The van der Waals surface area contributed by atoms with Crippen molar-refractivity contribution in [2.24, 2.45) is 0 Å². The van der Waals surface area contributed by atoms with Crippen LogP contribution in [0.2, 0.25) is 0 Å². The number of allylic oxidation sites excluding steroid dienone is 1. The summed E-state index contributed by atoms with van der Waals surface area (Å²) in [6.07, 6.45) is 1.65. The van der Waals surface area contributed by atoms with E-state index in [9.17, 15) is 9.59 Å². The fraction of sp³-hybridized carbons (Fsp3) is 0.364. The number of hydrogen-bond acceptors (Lipinski definition) is 7. The molecule has 0 saturated heterocycles. The summed E-state index contributed by atoms with van der Waals surface area (Å²) in [6, 6.07) is 5.91. The fourth-order valence-electron chi connectivity index (χ4n) is 3.28. The average molecular weight is 458 g/mol. The Bertz CT molecular complexity index is 1140. The van der Waals surface area contributed by atoms with Crippen molar-refractivity contribution in [1.82, 2.24) is 14.5 Å². The van der Waals surface area contributed by atoms with E-state index < -0.39 is 0 Å². The largest absolute Gasteiger partial charge is 0.349 e. The van der Waals surface area contributed by atoms with Crippen molar-refractivity contribution in [3.63, 3.8) is 0 Å². The van der Waals surface area contributed by atoms with Crippen molar-refractivity contribution in [3.05, 3.63) is 52.3 Å². The van der Waals surface area contributed by atoms with Gasteiger partial charge in [0, 0.05) is 25.3 Å². The molecular weight excluding hydrogens is 430 g/mol. The first-order valence-electron chi connectivity index (χ1n) is 10.1. The van der Waals surface area contributed by atoms with E-state index in [1.165, 1.54) is 23.1 Å². The van der Waals surface area contributed by atoms with Gasteiger partial charge in [0.05, 0.1) is 5.75 Å². The van der Waals surface area contributed by atoms with Gasteiger partial charge in [-0.25, -0.2) is 4.98 Å². The van der Waals surface area contributed by atoms with Gasteiger partial charge in [-0.2, -0.15) is 4.98 Å². The molecular formula is C22H27N5O2S2. The number of nitrogens with zero attached hydrogens (tertiary/aromatic N) is 4. The Morgan fingerprint density at radius 2 is 1.90 bits per heavy atom. The number of aromatic nitrogens is 3. The highest BCUT2D eigenvalue weighted by Crippen LogP contribution is 2.27. The summed E-state index contributed by atoms with van der Waals surface area (Å²) in [6.45, 7) is 13.8. The number of thiazole rings is 1. The van der Waals surface area contributed by atoms with Gasteiger partial charge in [0.15, 0.2) is 15.9 Å². The lowest BCUT2D eigenvalue weighted by atomic mass is 10.1. The van der Waals surface area contributed by atoms with Crippen molar-refractivity contribution in [1.29, 1.82) is 0 Å². The van der Waals surface area contributed by atoms with Crippen molar-refractivity contribution in [2.45, 2.75) is 39.4 Å². The highest BCUT2D eigenvalue weighted by molar-refractivity contribution is 7.99. The number of anilines is 2. The second kappa shape index (κ2) is 10.1. The van der Waals surface area contributed by atoms with Crippen LogP contribution in [0.25, 0.3) is 10.3 Å². The first-order chi connectivity index (χ1) is 14.9. The molecule has 1 aromatic carbocycles. The van der Waals surface area contributed by atoms with Crippen molar-refractivity contribution >= 4 is 50.2 Å². The van der Waals surface area contributed by atoms with E-state index >= 15 is 0 Å². The molecule has 3 aromatic rings. The van der Waals surface area contributed by atoms with Crippen molar-refractivity contribution in [3.8, 4) is 0 Å². The van der Waals surface area contributed by atoms with Gasteiger partial charge in [-0.15, -0.1) is 6.58 Å². The lowest BCUT2D eigenvalue weighted by Crippen LogP contribution is -2.23. The Morgan fingerprint density at radius 1 is 1.23 bits per heavy atom. The number of carbonyl (C=O) groups is 1. The summed E-state index contributed by atoms with van der Waals surface area (Å²) in [7, 11) is 0. The van der Waals surface area contributed by atoms with Gasteiger partial charge in [-0.3, -0.25) is 14.2 Å². The molecule has 9 heteroatoms. The predicted octanol–water partition coefficient (Wildman–Crippen LogP) is 4.23. The minimum absolute atomic E-state index is 0.134. The van der Waals surface area contributed by atoms with Crippen LogP contribution in [0.3, 0.4) is 0 Å². The topological polar surface area (TPSA) is 80.1 Å². The van der Waals surface area contributed by atoms with Gasteiger partial charge in [0.25, 0.3) is 5.56 Å². The zero-order chi connectivity index (χ0) is 22.5. The second-order valence-corrected chi connectivity index (χ2v) is 9.05. The van der Waals surface area contributed by atoms with Crippen LogP contribution in [0.1, 0.15) is 25.0 Å². The maximum absolute atomic E-state index is 13.1. The van der Waals surface area contributed by atoms with Gasteiger partial charge in [-0.05, 0) is 51.0 Å². The number of nitrogens with one attached hydrogen (secondary N) is 1. The number of fused-ring (bicyclic) bond motifs is 1. The molecule has 0 saturated carbocycles. The Hall–Kier alpha value is -2.65. The van der Waals surface area contributed by atoms with Gasteiger partial charge in [0.2, 0.25) is 5.91 Å². The average Bonchev–Trinajstić information content (AvgIpc) is 3.13. The van der Waals surface area contributed by atoms with E-state index in [1.54, 1.807) is 10.6 Å². The molecule has 0 atom stereocenters. The summed E-state index contributed by atoms with van der Waals surface area (Å²) in [4.78, 5) is 36.9. The lowest BCUT2D eigenvalue weighted by molar-refractivity contribution is -0.113. The Morgan fingerprint density at radius 3 is 2.52 bits per heavy atom. The molecule has 7 nitrogen and oxygen atoms in total. The van der Waals surface area contributed by atoms with Crippen molar-refractivity contribution < 1.29 is 4.79 Å². The maximum atomic E-state index is 13.1. The number of hydrogen-bond donors (Lipinski definition) is 1. The quantitative estimate of drug-likeness (QED) is 0.294. The number of thioether (sulfide) groups is 1. The normalized spacial score (nSPS) is 11.0. The Kier molecular flexibility index (Phi) is 7.50. The third-order valence-electron chi connectivity index (χ3n) is 4.65. The van der Waals surface area contributed by atoms with Gasteiger partial charge >= 0.3 is 0 Å². The molecule has 31 heavy (non-hydrogen) atoms. The van der Waals surface area contributed by atoms with E-state index in [0.717, 1.165) is 35.0 Å². The molecule has 164 valence electrons. The molecule has 0 fully saturated rings. The molecule has 1 amide bonds. The number of aryl methyl sites for hydroxylation is 2. The minimum atomic E-state index is -0.156. The SMILES string of the molecule is C=CCn1c(SCC(=O)Nc2cc(C)cc(C)c2)nc2nc(N(CC)CC)sc2c1=O. The maximum Gasteiger partial charge on any atom is 0.274 e.